The van der Waals surface area contributed by atoms with Gasteiger partial charge in [-0.3, -0.25) is 0 Å². The first-order valence-corrected chi connectivity index (χ1v) is 20.9. The van der Waals surface area contributed by atoms with E-state index in [1.54, 1.807) is 5.56 Å². The van der Waals surface area contributed by atoms with Crippen molar-refractivity contribution >= 4 is 39.8 Å². The quantitative estimate of drug-likeness (QED) is 0.103. The van der Waals surface area contributed by atoms with Crippen LogP contribution in [0.4, 0.5) is 0 Å². The molecule has 0 saturated heterocycles. The molecule has 6 aromatic rings. The third-order valence-corrected chi connectivity index (χ3v) is 12.7. The SMILES string of the molecule is C=C/C=C/C(C)=C\c1ccc2c(C)cc(-c3ccc4c(c3)[C@@](C)(CCCCCC)c3ccccc3-4)cc2c1.CC1=CC2CC=c3c(C)ccc4ccc(c2c34)=C1. The molecule has 0 N–H and O–H groups in total. The average Bonchev–Trinajstić information content (AvgIpc) is 3.45. The van der Waals surface area contributed by atoms with E-state index in [-0.39, 0.29) is 5.41 Å². The number of allylic oxidation sites excluding steroid dienone is 6. The highest BCUT2D eigenvalue weighted by atomic mass is 14.4. The second-order valence-corrected chi connectivity index (χ2v) is 16.8. The van der Waals surface area contributed by atoms with Gasteiger partial charge >= 0.3 is 0 Å². The third kappa shape index (κ3) is 6.96. The second kappa shape index (κ2) is 15.6. The van der Waals surface area contributed by atoms with E-state index in [0.717, 1.165) is 6.42 Å². The fourth-order valence-electron chi connectivity index (χ4n) is 9.81. The van der Waals surface area contributed by atoms with Crippen LogP contribution >= 0.6 is 0 Å². The first-order chi connectivity index (χ1) is 27.2. The molecule has 3 aliphatic rings. The summed E-state index contributed by atoms with van der Waals surface area (Å²) in [5, 5.41) is 8.37. The minimum atomic E-state index is 0.0655. The van der Waals surface area contributed by atoms with Gasteiger partial charge in [-0.05, 0) is 146 Å². The minimum absolute atomic E-state index is 0.0655. The molecule has 6 aromatic carbocycles. The number of aryl methyl sites for hydroxylation is 2. The molecule has 2 atom stereocenters. The summed E-state index contributed by atoms with van der Waals surface area (Å²) in [7, 11) is 0. The maximum Gasteiger partial charge on any atom is 0.0187 e. The van der Waals surface area contributed by atoms with Crippen molar-refractivity contribution in [3.8, 4) is 22.3 Å². The van der Waals surface area contributed by atoms with E-state index in [1.807, 2.05) is 12.2 Å². The van der Waals surface area contributed by atoms with Crippen LogP contribution in [-0.4, -0.2) is 0 Å². The topological polar surface area (TPSA) is 0 Å². The summed E-state index contributed by atoms with van der Waals surface area (Å²) in [6.45, 7) is 17.3. The molecule has 56 heavy (non-hydrogen) atoms. The lowest BCUT2D eigenvalue weighted by molar-refractivity contribution is 0.487. The molecule has 0 aromatic heterocycles. The number of rotatable bonds is 9. The van der Waals surface area contributed by atoms with Crippen LogP contribution in [0.1, 0.15) is 106 Å². The van der Waals surface area contributed by atoms with Gasteiger partial charge in [0.15, 0.2) is 0 Å². The summed E-state index contributed by atoms with van der Waals surface area (Å²) < 4.78 is 0. The van der Waals surface area contributed by atoms with Crippen molar-refractivity contribution in [1.82, 2.24) is 0 Å². The van der Waals surface area contributed by atoms with Crippen molar-refractivity contribution in [3.05, 3.63) is 183 Å². The van der Waals surface area contributed by atoms with E-state index in [4.69, 9.17) is 0 Å². The Bertz CT molecular complexity index is 2730. The van der Waals surface area contributed by atoms with Crippen molar-refractivity contribution in [2.24, 2.45) is 0 Å². The van der Waals surface area contributed by atoms with Gasteiger partial charge in [0.1, 0.15) is 0 Å². The zero-order valence-electron chi connectivity index (χ0n) is 34.3. The fourth-order valence-corrected chi connectivity index (χ4v) is 9.81. The van der Waals surface area contributed by atoms with Crippen LogP contribution in [0.3, 0.4) is 0 Å². The lowest BCUT2D eigenvalue weighted by Crippen LogP contribution is -2.24. The summed E-state index contributed by atoms with van der Waals surface area (Å²) in [6.07, 6.45) is 22.8. The molecule has 0 heteroatoms. The van der Waals surface area contributed by atoms with Crippen molar-refractivity contribution in [2.75, 3.05) is 0 Å². The second-order valence-electron chi connectivity index (χ2n) is 16.8. The molecule has 1 unspecified atom stereocenters. The lowest BCUT2D eigenvalue weighted by Gasteiger charge is -2.28. The highest BCUT2D eigenvalue weighted by molar-refractivity contribution is 5.93. The molecule has 0 aliphatic heterocycles. The number of hydrogen-bond acceptors (Lipinski definition) is 0. The molecule has 9 rings (SSSR count). The van der Waals surface area contributed by atoms with Gasteiger partial charge < -0.3 is 0 Å². The predicted molar refractivity (Wildman–Crippen MR) is 246 cm³/mol. The first kappa shape index (κ1) is 37.5. The zero-order valence-corrected chi connectivity index (χ0v) is 34.3. The van der Waals surface area contributed by atoms with E-state index in [2.05, 4.69) is 176 Å². The normalized spacial score (nSPS) is 17.8. The Labute approximate surface area is 335 Å². The molecule has 0 spiro atoms. The number of benzene rings is 6. The van der Waals surface area contributed by atoms with E-state index < -0.39 is 0 Å². The molecule has 280 valence electrons. The van der Waals surface area contributed by atoms with Gasteiger partial charge in [-0.25, -0.2) is 0 Å². The Morgan fingerprint density at radius 2 is 1.61 bits per heavy atom. The Morgan fingerprint density at radius 1 is 0.786 bits per heavy atom. The zero-order chi connectivity index (χ0) is 39.0. The van der Waals surface area contributed by atoms with Crippen LogP contribution in [0, 0.1) is 13.8 Å². The van der Waals surface area contributed by atoms with Gasteiger partial charge in [0.25, 0.3) is 0 Å². The molecule has 0 nitrogen and oxygen atoms in total. The van der Waals surface area contributed by atoms with Gasteiger partial charge in [-0.15, -0.1) is 0 Å². The van der Waals surface area contributed by atoms with Crippen molar-refractivity contribution in [2.45, 2.75) is 91.4 Å². The molecular formula is C56H56. The van der Waals surface area contributed by atoms with Crippen LogP contribution < -0.4 is 10.4 Å². The lowest BCUT2D eigenvalue weighted by atomic mass is 9.75. The van der Waals surface area contributed by atoms with Crippen LogP contribution in [0.2, 0.25) is 0 Å². The monoisotopic (exact) mass is 728 g/mol. The molecule has 0 bridgehead atoms. The predicted octanol–water partition coefficient (Wildman–Crippen LogP) is 14.4. The largest absolute Gasteiger partial charge is 0.0991 e. The molecule has 3 aliphatic carbocycles. The number of unbranched alkanes of at least 4 members (excludes halogenated alkanes) is 3. The van der Waals surface area contributed by atoms with Gasteiger partial charge in [0.2, 0.25) is 0 Å². The smallest absolute Gasteiger partial charge is 0.0187 e. The Morgan fingerprint density at radius 3 is 2.45 bits per heavy atom. The van der Waals surface area contributed by atoms with E-state index in [1.165, 1.54) is 125 Å². The Kier molecular flexibility index (Phi) is 10.4. The number of fused-ring (bicyclic) bond motifs is 4. The van der Waals surface area contributed by atoms with Crippen LogP contribution in [0.15, 0.2) is 139 Å². The highest BCUT2D eigenvalue weighted by Crippen LogP contribution is 2.52. The van der Waals surface area contributed by atoms with E-state index in [0.29, 0.717) is 5.92 Å². The van der Waals surface area contributed by atoms with Crippen molar-refractivity contribution in [3.63, 3.8) is 0 Å². The first-order valence-electron chi connectivity index (χ1n) is 20.9. The average molecular weight is 729 g/mol. The molecule has 0 radical (unpaired) electrons. The summed E-state index contributed by atoms with van der Waals surface area (Å²) in [4.78, 5) is 0. The summed E-state index contributed by atoms with van der Waals surface area (Å²) in [5.74, 6) is 0.586. The Hall–Kier alpha value is -5.46. The van der Waals surface area contributed by atoms with Crippen molar-refractivity contribution in [1.29, 1.82) is 0 Å². The standard InChI is InChI=1S/C38H40.C18H16/c1-6-8-10-13-21-38(5)36-16-12-11-15-34(36)35-20-18-30(26-37(35)38)31-23-28(4)33-19-17-29(24-32(33)25-31)22-27(3)14-9-7-2;1-11-9-14-6-5-13-4-3-12(2)16-8-7-15(10-11)17(14)18(13)16/h7,9,11-12,14-20,22-26H,2,6,8,10,13,21H2,1,3-5H3;3-6,8-10,15H,7H2,1-2H3/b14-9+,27-22-;/t38-;/m0./s1. The maximum atomic E-state index is 3.78. The van der Waals surface area contributed by atoms with E-state index >= 15 is 0 Å². The fraction of sp³-hybridized carbons (Fsp3) is 0.250. The highest BCUT2D eigenvalue weighted by Gasteiger charge is 2.38. The summed E-state index contributed by atoms with van der Waals surface area (Å²) in [5.41, 5.74) is 16.6. The Balaban J connectivity index is 0.000000202. The maximum absolute atomic E-state index is 3.78. The van der Waals surface area contributed by atoms with Crippen LogP contribution in [0.25, 0.3) is 62.0 Å². The van der Waals surface area contributed by atoms with Gasteiger partial charge in [-0.2, -0.15) is 0 Å². The summed E-state index contributed by atoms with van der Waals surface area (Å²) in [6, 6.07) is 36.8. The third-order valence-electron chi connectivity index (χ3n) is 12.7. The van der Waals surface area contributed by atoms with Crippen molar-refractivity contribution < 1.29 is 0 Å². The van der Waals surface area contributed by atoms with Gasteiger partial charge in [0, 0.05) is 11.3 Å². The molecule has 0 fully saturated rings. The van der Waals surface area contributed by atoms with Crippen LogP contribution in [-0.2, 0) is 5.41 Å². The minimum Gasteiger partial charge on any atom is -0.0991 e. The van der Waals surface area contributed by atoms with E-state index in [9.17, 15) is 0 Å². The number of hydrogen-bond donors (Lipinski definition) is 0. The molecular weight excluding hydrogens is 673 g/mol. The van der Waals surface area contributed by atoms with Gasteiger partial charge in [-0.1, -0.05) is 179 Å². The van der Waals surface area contributed by atoms with Crippen LogP contribution in [0.5, 0.6) is 0 Å². The molecule has 0 amide bonds. The summed E-state index contributed by atoms with van der Waals surface area (Å²) >= 11 is 0. The van der Waals surface area contributed by atoms with Gasteiger partial charge in [0.05, 0.1) is 0 Å². The molecule has 0 saturated carbocycles. The molecule has 0 heterocycles.